The quantitative estimate of drug-likeness (QED) is 0.341. The Morgan fingerprint density at radius 3 is 2.41 bits per heavy atom. The van der Waals surface area contributed by atoms with E-state index >= 15 is 0 Å². The molecule has 1 unspecified atom stereocenters. The molecule has 1 aliphatic heterocycles. The van der Waals surface area contributed by atoms with Crippen molar-refractivity contribution in [1.29, 1.82) is 0 Å². The molecule has 2 fully saturated rings. The smallest absolute Gasteiger partial charge is 0.295 e. The van der Waals surface area contributed by atoms with E-state index in [4.69, 9.17) is 14.2 Å². The van der Waals surface area contributed by atoms with Crippen LogP contribution in [-0.4, -0.2) is 48.1 Å². The standard InChI is InChI=1S/C27H31NO6/c1-4-33-20-13-14-21(22(16-20)34-5-2)25(29)23-24(17-9-8-12-19(15-17)32-3)28(27(31)26(23)30)18-10-6-7-11-18/h8-9,12-16,18,24,29H,4-7,10-11H2,1-3H3/b25-23-. The van der Waals surface area contributed by atoms with Crippen LogP contribution in [0.3, 0.4) is 0 Å². The minimum Gasteiger partial charge on any atom is -0.507 e. The lowest BCUT2D eigenvalue weighted by atomic mass is 9.94. The Morgan fingerprint density at radius 2 is 1.74 bits per heavy atom. The summed E-state index contributed by atoms with van der Waals surface area (Å²) in [6.45, 7) is 4.57. The predicted molar refractivity (Wildman–Crippen MR) is 128 cm³/mol. The SMILES string of the molecule is CCOc1ccc(/C(O)=C2/C(=O)C(=O)N(C3CCCC3)C2c2cccc(OC)c2)c(OCC)c1. The summed E-state index contributed by atoms with van der Waals surface area (Å²) >= 11 is 0. The Kier molecular flexibility index (Phi) is 7.10. The van der Waals surface area contributed by atoms with Gasteiger partial charge in [0.15, 0.2) is 0 Å². The van der Waals surface area contributed by atoms with Crippen LogP contribution < -0.4 is 14.2 Å². The fourth-order valence-corrected chi connectivity index (χ4v) is 4.92. The zero-order valence-electron chi connectivity index (χ0n) is 19.9. The molecule has 1 saturated carbocycles. The summed E-state index contributed by atoms with van der Waals surface area (Å²) < 4.78 is 16.7. The molecule has 1 N–H and O–H groups in total. The number of hydrogen-bond donors (Lipinski definition) is 1. The lowest BCUT2D eigenvalue weighted by molar-refractivity contribution is -0.141. The number of rotatable bonds is 8. The minimum atomic E-state index is -0.709. The average Bonchev–Trinajstić information content (AvgIpc) is 3.46. The van der Waals surface area contributed by atoms with Gasteiger partial charge in [-0.2, -0.15) is 0 Å². The first-order valence-corrected chi connectivity index (χ1v) is 11.8. The highest BCUT2D eigenvalue weighted by Crippen LogP contribution is 2.45. The van der Waals surface area contributed by atoms with Gasteiger partial charge in [0.2, 0.25) is 0 Å². The molecule has 7 nitrogen and oxygen atoms in total. The maximum absolute atomic E-state index is 13.4. The maximum atomic E-state index is 13.4. The predicted octanol–water partition coefficient (Wildman–Crippen LogP) is 4.86. The van der Waals surface area contributed by atoms with E-state index in [1.165, 1.54) is 0 Å². The van der Waals surface area contributed by atoms with Gasteiger partial charge >= 0.3 is 0 Å². The second-order valence-electron chi connectivity index (χ2n) is 8.45. The Hall–Kier alpha value is -3.48. The molecule has 4 rings (SSSR count). The number of aliphatic hydroxyl groups is 1. The van der Waals surface area contributed by atoms with Crippen molar-refractivity contribution in [3.8, 4) is 17.2 Å². The van der Waals surface area contributed by atoms with Gasteiger partial charge in [0, 0.05) is 12.1 Å². The third kappa shape index (κ3) is 4.34. The van der Waals surface area contributed by atoms with Gasteiger partial charge in [0.25, 0.3) is 11.7 Å². The first kappa shape index (κ1) is 23.7. The van der Waals surface area contributed by atoms with Gasteiger partial charge in [-0.3, -0.25) is 9.59 Å². The first-order chi connectivity index (χ1) is 16.5. The molecule has 7 heteroatoms. The molecule has 1 saturated heterocycles. The van der Waals surface area contributed by atoms with Gasteiger partial charge < -0.3 is 24.2 Å². The van der Waals surface area contributed by atoms with Crippen LogP contribution in [0.25, 0.3) is 5.76 Å². The van der Waals surface area contributed by atoms with Crippen molar-refractivity contribution < 1.29 is 28.9 Å². The van der Waals surface area contributed by atoms with Gasteiger partial charge in [-0.25, -0.2) is 0 Å². The lowest BCUT2D eigenvalue weighted by Gasteiger charge is -2.31. The molecule has 0 spiro atoms. The number of aliphatic hydroxyl groups excluding tert-OH is 1. The Balaban J connectivity index is 1.89. The van der Waals surface area contributed by atoms with E-state index in [-0.39, 0.29) is 17.4 Å². The number of likely N-dealkylation sites (tertiary alicyclic amines) is 1. The molecule has 1 atom stereocenters. The highest BCUT2D eigenvalue weighted by atomic mass is 16.5. The molecule has 2 aromatic rings. The van der Waals surface area contributed by atoms with Crippen LogP contribution in [0.1, 0.15) is 56.7 Å². The Morgan fingerprint density at radius 1 is 1.00 bits per heavy atom. The van der Waals surface area contributed by atoms with E-state index in [1.807, 2.05) is 38.1 Å². The molecule has 2 aromatic carbocycles. The molecule has 0 bridgehead atoms. The molecule has 1 heterocycles. The van der Waals surface area contributed by atoms with Crippen molar-refractivity contribution in [3.05, 3.63) is 59.2 Å². The number of methoxy groups -OCH3 is 1. The summed E-state index contributed by atoms with van der Waals surface area (Å²) in [5.74, 6) is 0.0862. The van der Waals surface area contributed by atoms with Gasteiger partial charge in [-0.15, -0.1) is 0 Å². The number of ketones is 1. The first-order valence-electron chi connectivity index (χ1n) is 11.8. The number of hydrogen-bond acceptors (Lipinski definition) is 6. The van der Waals surface area contributed by atoms with Crippen LogP contribution in [0.5, 0.6) is 17.2 Å². The summed E-state index contributed by atoms with van der Waals surface area (Å²) in [6.07, 6.45) is 3.68. The number of carbonyl (C=O) groups excluding carboxylic acids is 2. The van der Waals surface area contributed by atoms with Gasteiger partial charge in [0.05, 0.1) is 37.5 Å². The van der Waals surface area contributed by atoms with Crippen LogP contribution in [0.4, 0.5) is 0 Å². The zero-order chi connectivity index (χ0) is 24.2. The fraction of sp³-hybridized carbons (Fsp3) is 0.407. The maximum Gasteiger partial charge on any atom is 0.295 e. The van der Waals surface area contributed by atoms with E-state index in [2.05, 4.69) is 0 Å². The van der Waals surface area contributed by atoms with Crippen molar-refractivity contribution in [2.24, 2.45) is 0 Å². The minimum absolute atomic E-state index is 0.0513. The normalized spacial score (nSPS) is 20.1. The van der Waals surface area contributed by atoms with E-state index < -0.39 is 17.7 Å². The summed E-state index contributed by atoms with van der Waals surface area (Å²) in [4.78, 5) is 28.3. The van der Waals surface area contributed by atoms with E-state index in [0.717, 1.165) is 31.2 Å². The van der Waals surface area contributed by atoms with Crippen LogP contribution in [0.2, 0.25) is 0 Å². The highest BCUT2D eigenvalue weighted by molar-refractivity contribution is 6.46. The van der Waals surface area contributed by atoms with Crippen molar-refractivity contribution in [2.75, 3.05) is 20.3 Å². The van der Waals surface area contributed by atoms with Gasteiger partial charge in [-0.1, -0.05) is 25.0 Å². The van der Waals surface area contributed by atoms with Crippen LogP contribution in [0.15, 0.2) is 48.0 Å². The average molecular weight is 466 g/mol. The molecule has 1 aliphatic carbocycles. The monoisotopic (exact) mass is 465 g/mol. The summed E-state index contributed by atoms with van der Waals surface area (Å²) in [5.41, 5.74) is 1.13. The van der Waals surface area contributed by atoms with E-state index in [0.29, 0.717) is 36.0 Å². The molecule has 1 amide bonds. The van der Waals surface area contributed by atoms with Crippen molar-refractivity contribution in [2.45, 2.75) is 51.6 Å². The Labute approximate surface area is 199 Å². The number of benzene rings is 2. The van der Waals surface area contributed by atoms with Gasteiger partial charge in [0.1, 0.15) is 23.0 Å². The summed E-state index contributed by atoms with van der Waals surface area (Å²) in [5, 5.41) is 11.5. The molecule has 0 radical (unpaired) electrons. The van der Waals surface area contributed by atoms with E-state index in [9.17, 15) is 14.7 Å². The molecular formula is C27H31NO6. The number of ether oxygens (including phenoxy) is 3. The third-order valence-corrected chi connectivity index (χ3v) is 6.43. The van der Waals surface area contributed by atoms with Crippen molar-refractivity contribution in [1.82, 2.24) is 4.90 Å². The number of carbonyl (C=O) groups is 2. The molecule has 180 valence electrons. The topological polar surface area (TPSA) is 85.3 Å². The Bertz CT molecular complexity index is 1100. The molecule has 2 aliphatic rings. The van der Waals surface area contributed by atoms with Crippen molar-refractivity contribution in [3.63, 3.8) is 0 Å². The highest BCUT2D eigenvalue weighted by Gasteiger charge is 2.49. The number of Topliss-reactive ketones (excluding diaryl/α,β-unsaturated/α-hetero) is 1. The number of amides is 1. The van der Waals surface area contributed by atoms with Crippen LogP contribution in [0, 0.1) is 0 Å². The summed E-state index contributed by atoms with van der Waals surface area (Å²) in [7, 11) is 1.57. The van der Waals surface area contributed by atoms with Crippen LogP contribution in [-0.2, 0) is 9.59 Å². The number of nitrogens with zero attached hydrogens (tertiary/aromatic N) is 1. The summed E-state index contributed by atoms with van der Waals surface area (Å²) in [6, 6.07) is 11.6. The van der Waals surface area contributed by atoms with E-state index in [1.54, 1.807) is 30.2 Å². The fourth-order valence-electron chi connectivity index (χ4n) is 4.92. The third-order valence-electron chi connectivity index (χ3n) is 6.43. The largest absolute Gasteiger partial charge is 0.507 e. The molecular weight excluding hydrogens is 434 g/mol. The second kappa shape index (κ2) is 10.2. The zero-order valence-corrected chi connectivity index (χ0v) is 19.9. The molecule has 0 aromatic heterocycles. The lowest BCUT2D eigenvalue weighted by Crippen LogP contribution is -2.37. The second-order valence-corrected chi connectivity index (χ2v) is 8.45. The van der Waals surface area contributed by atoms with Crippen LogP contribution >= 0.6 is 0 Å². The molecule has 34 heavy (non-hydrogen) atoms. The van der Waals surface area contributed by atoms with Gasteiger partial charge in [-0.05, 0) is 56.5 Å². The van der Waals surface area contributed by atoms with Crippen molar-refractivity contribution >= 4 is 17.4 Å².